The molecule has 3 aromatic rings. The van der Waals surface area contributed by atoms with E-state index in [4.69, 9.17) is 10.5 Å². The second-order valence-electron chi connectivity index (χ2n) is 3.87. The molecule has 0 bridgehead atoms. The molecule has 0 aromatic carbocycles. The Morgan fingerprint density at radius 1 is 1.48 bits per heavy atom. The molecule has 0 saturated carbocycles. The highest BCUT2D eigenvalue weighted by molar-refractivity contribution is 5.88. The van der Waals surface area contributed by atoms with Crippen LogP contribution in [0.5, 0.6) is 0 Å². The van der Waals surface area contributed by atoms with Crippen molar-refractivity contribution in [3.05, 3.63) is 46.6 Å². The molecule has 3 rings (SSSR count). The maximum atomic E-state index is 11.7. The smallest absolute Gasteiger partial charge is 0.345 e. The number of rotatable bonds is 2. The molecule has 0 unspecified atom stereocenters. The lowest BCUT2D eigenvalue weighted by molar-refractivity contribution is 0.0523. The van der Waals surface area contributed by atoms with Crippen molar-refractivity contribution in [2.75, 3.05) is 12.3 Å². The molecule has 110 valence electrons. The van der Waals surface area contributed by atoms with Gasteiger partial charge in [-0.2, -0.15) is 5.10 Å². The number of H-pyrrole nitrogens is 2. The van der Waals surface area contributed by atoms with Crippen LogP contribution >= 0.6 is 0 Å². The van der Waals surface area contributed by atoms with Gasteiger partial charge in [0.05, 0.1) is 12.8 Å². The van der Waals surface area contributed by atoms with Gasteiger partial charge in [-0.1, -0.05) is 0 Å². The van der Waals surface area contributed by atoms with E-state index in [1.807, 2.05) is 0 Å². The highest BCUT2D eigenvalue weighted by Gasteiger charge is 2.14. The summed E-state index contributed by atoms with van der Waals surface area (Å²) in [6.45, 7) is 1.90. The Bertz CT molecular complexity index is 774. The molecule has 0 fully saturated rings. The van der Waals surface area contributed by atoms with Crippen LogP contribution in [0.25, 0.3) is 5.65 Å². The van der Waals surface area contributed by atoms with Crippen molar-refractivity contribution in [2.24, 2.45) is 0 Å². The average molecular weight is 290 g/mol. The lowest BCUT2D eigenvalue weighted by atomic mass is 10.3. The van der Waals surface area contributed by atoms with Gasteiger partial charge in [-0.3, -0.25) is 15.0 Å². The van der Waals surface area contributed by atoms with E-state index >= 15 is 0 Å². The molecule has 3 heterocycles. The maximum absolute atomic E-state index is 11.7. The summed E-state index contributed by atoms with van der Waals surface area (Å²) < 4.78 is 5.91. The molecular weight excluding hydrogens is 276 g/mol. The summed E-state index contributed by atoms with van der Waals surface area (Å²) in [4.78, 5) is 27.0. The van der Waals surface area contributed by atoms with Gasteiger partial charge in [0.25, 0.3) is 5.56 Å². The number of nitrogens with two attached hydrogens (primary N) is 1. The van der Waals surface area contributed by atoms with Crippen molar-refractivity contribution in [3.8, 4) is 0 Å². The molecule has 0 spiro atoms. The van der Waals surface area contributed by atoms with Crippen molar-refractivity contribution in [1.82, 2.24) is 24.8 Å². The second kappa shape index (κ2) is 6.37. The minimum absolute atomic E-state index is 0.0724. The van der Waals surface area contributed by atoms with Crippen molar-refractivity contribution in [1.29, 1.82) is 0 Å². The lowest BCUT2D eigenvalue weighted by Gasteiger charge is -2.00. The van der Waals surface area contributed by atoms with Crippen LogP contribution in [-0.4, -0.2) is 37.4 Å². The van der Waals surface area contributed by atoms with E-state index in [1.54, 1.807) is 31.5 Å². The van der Waals surface area contributed by atoms with Crippen LogP contribution in [0, 0.1) is 0 Å². The molecule has 0 aliphatic carbocycles. The molecule has 0 aliphatic heterocycles. The molecule has 3 aromatic heterocycles. The van der Waals surface area contributed by atoms with Crippen molar-refractivity contribution in [3.63, 3.8) is 0 Å². The molecular formula is C12H14N6O3. The van der Waals surface area contributed by atoms with Gasteiger partial charge in [-0.05, 0) is 13.0 Å². The van der Waals surface area contributed by atoms with E-state index in [9.17, 15) is 9.59 Å². The number of anilines is 1. The number of hydrogen-bond donors (Lipinski definition) is 3. The van der Waals surface area contributed by atoms with Crippen LogP contribution in [-0.2, 0) is 4.74 Å². The third-order valence-corrected chi connectivity index (χ3v) is 2.44. The third-order valence-electron chi connectivity index (χ3n) is 2.44. The number of aromatic nitrogens is 5. The number of ether oxygens (including phenoxy) is 1. The second-order valence-corrected chi connectivity index (χ2v) is 3.87. The molecule has 9 heteroatoms. The monoisotopic (exact) mass is 290 g/mol. The first-order valence-electron chi connectivity index (χ1n) is 6.10. The van der Waals surface area contributed by atoms with E-state index < -0.39 is 11.5 Å². The lowest BCUT2D eigenvalue weighted by Crippen LogP contribution is -2.24. The Morgan fingerprint density at radius 3 is 2.86 bits per heavy atom. The molecule has 21 heavy (non-hydrogen) atoms. The third kappa shape index (κ3) is 3.26. The number of nitrogens with zero attached hydrogens (tertiary/aromatic N) is 3. The van der Waals surface area contributed by atoms with Gasteiger partial charge in [0.2, 0.25) is 0 Å². The van der Waals surface area contributed by atoms with Gasteiger partial charge in [0.1, 0.15) is 11.4 Å². The molecule has 0 saturated heterocycles. The SMILES string of the molecule is CCOC(=O)c1cnc2cc[nH]n2c1=O.Nc1ccn[nH]1. The van der Waals surface area contributed by atoms with Gasteiger partial charge in [-0.15, -0.1) is 0 Å². The topological polar surface area (TPSA) is 131 Å². The van der Waals surface area contributed by atoms with Crippen molar-refractivity contribution < 1.29 is 9.53 Å². The summed E-state index contributed by atoms with van der Waals surface area (Å²) >= 11 is 0. The van der Waals surface area contributed by atoms with Crippen molar-refractivity contribution in [2.45, 2.75) is 6.92 Å². The zero-order valence-corrected chi connectivity index (χ0v) is 11.2. The van der Waals surface area contributed by atoms with Gasteiger partial charge in [-0.25, -0.2) is 14.3 Å². The van der Waals surface area contributed by atoms with E-state index in [-0.39, 0.29) is 12.2 Å². The number of fused-ring (bicyclic) bond motifs is 1. The summed E-state index contributed by atoms with van der Waals surface area (Å²) in [6.07, 6.45) is 4.40. The van der Waals surface area contributed by atoms with Gasteiger partial charge < -0.3 is 10.5 Å². The van der Waals surface area contributed by atoms with Crippen LogP contribution in [0.15, 0.2) is 35.5 Å². The average Bonchev–Trinajstić information content (AvgIpc) is 3.11. The van der Waals surface area contributed by atoms with Crippen LogP contribution < -0.4 is 11.3 Å². The molecule has 0 radical (unpaired) electrons. The highest BCUT2D eigenvalue weighted by Crippen LogP contribution is 1.97. The summed E-state index contributed by atoms with van der Waals surface area (Å²) in [5, 5.41) is 8.76. The molecule has 4 N–H and O–H groups in total. The fourth-order valence-electron chi connectivity index (χ4n) is 1.51. The summed E-state index contributed by atoms with van der Waals surface area (Å²) in [6, 6.07) is 3.33. The molecule has 0 aliphatic rings. The van der Waals surface area contributed by atoms with Crippen LogP contribution in [0.3, 0.4) is 0 Å². The standard InChI is InChI=1S/C9H9N3O3.C3H5N3/c1-2-15-9(14)6-5-10-7-3-4-11-12(7)8(6)13;4-3-1-2-5-6-3/h3-5,11H,2H2,1H3;1-2H,(H3,4,5,6). The van der Waals surface area contributed by atoms with E-state index in [1.165, 1.54) is 10.7 Å². The Kier molecular flexibility index (Phi) is 4.34. The minimum Gasteiger partial charge on any atom is -0.462 e. The number of nitrogens with one attached hydrogen (secondary N) is 2. The summed E-state index contributed by atoms with van der Waals surface area (Å²) in [5.74, 6) is -0.0472. The van der Waals surface area contributed by atoms with E-state index in [0.29, 0.717) is 11.5 Å². The first-order chi connectivity index (χ1) is 10.1. The van der Waals surface area contributed by atoms with Crippen molar-refractivity contribution >= 4 is 17.4 Å². The fraction of sp³-hybridized carbons (Fsp3) is 0.167. The molecule has 0 atom stereocenters. The summed E-state index contributed by atoms with van der Waals surface area (Å²) in [7, 11) is 0. The quantitative estimate of drug-likeness (QED) is 0.577. The normalized spacial score (nSPS) is 9.95. The van der Waals surface area contributed by atoms with E-state index in [2.05, 4.69) is 20.3 Å². The highest BCUT2D eigenvalue weighted by atomic mass is 16.5. The fourth-order valence-corrected chi connectivity index (χ4v) is 1.51. The van der Waals surface area contributed by atoms with Crippen LogP contribution in [0.4, 0.5) is 5.82 Å². The van der Waals surface area contributed by atoms with Crippen LogP contribution in [0.1, 0.15) is 17.3 Å². The first kappa shape index (κ1) is 14.3. The predicted molar refractivity (Wildman–Crippen MR) is 74.8 cm³/mol. The zero-order valence-electron chi connectivity index (χ0n) is 11.2. The van der Waals surface area contributed by atoms with Gasteiger partial charge >= 0.3 is 5.97 Å². The van der Waals surface area contributed by atoms with Crippen LogP contribution in [0.2, 0.25) is 0 Å². The van der Waals surface area contributed by atoms with E-state index in [0.717, 1.165) is 0 Å². The van der Waals surface area contributed by atoms with Gasteiger partial charge in [0, 0.05) is 18.5 Å². The Balaban J connectivity index is 0.000000225. The number of esters is 1. The number of nitrogen functional groups attached to an aromatic ring is 1. The Morgan fingerprint density at radius 2 is 2.29 bits per heavy atom. The number of carbonyl (C=O) groups is 1. The zero-order chi connectivity index (χ0) is 15.2. The summed E-state index contributed by atoms with van der Waals surface area (Å²) in [5.41, 5.74) is 5.10. The first-order valence-corrected chi connectivity index (χ1v) is 6.10. The minimum atomic E-state index is -0.654. The number of hydrogen-bond acceptors (Lipinski definition) is 6. The molecule has 9 nitrogen and oxygen atoms in total. The predicted octanol–water partition coefficient (Wildman–Crippen LogP) is 0.191. The number of aromatic amines is 2. The molecule has 0 amide bonds. The largest absolute Gasteiger partial charge is 0.462 e. The Hall–Kier alpha value is -3.10. The number of carbonyl (C=O) groups excluding carboxylic acids is 1. The Labute approximate surface area is 118 Å². The van der Waals surface area contributed by atoms with Gasteiger partial charge in [0.15, 0.2) is 5.65 Å². The maximum Gasteiger partial charge on any atom is 0.345 e.